The fourth-order valence-electron chi connectivity index (χ4n) is 2.40. The Morgan fingerprint density at radius 1 is 1.23 bits per heavy atom. The van der Waals surface area contributed by atoms with E-state index >= 15 is 0 Å². The van der Waals surface area contributed by atoms with Gasteiger partial charge in [0.15, 0.2) is 8.32 Å². The molecule has 144 valence electrons. The van der Waals surface area contributed by atoms with Crippen LogP contribution in [0.15, 0.2) is 18.2 Å². The quantitative estimate of drug-likeness (QED) is 0.525. The Morgan fingerprint density at radius 2 is 1.85 bits per heavy atom. The van der Waals surface area contributed by atoms with Crippen molar-refractivity contribution >= 4 is 37.5 Å². The van der Waals surface area contributed by atoms with Crippen LogP contribution in [-0.2, 0) is 14.6 Å². The van der Waals surface area contributed by atoms with Crippen molar-refractivity contribution in [1.82, 2.24) is 0 Å². The summed E-state index contributed by atoms with van der Waals surface area (Å²) in [6, 6.07) is 7.36. The SMILES string of the molecule is CC(C)(C)[Si](C)(C)OCCC(C#N)(CCC(=O)O)c1ccc(Cl)c(Cl)c1. The molecule has 0 aromatic heterocycles. The lowest BCUT2D eigenvalue weighted by atomic mass is 9.75. The first-order valence-corrected chi connectivity index (χ1v) is 12.2. The zero-order valence-corrected chi connectivity index (χ0v) is 18.5. The summed E-state index contributed by atoms with van der Waals surface area (Å²) in [4.78, 5) is 11.1. The molecule has 0 saturated heterocycles. The average Bonchev–Trinajstić information content (AvgIpc) is 2.52. The minimum absolute atomic E-state index is 0.0624. The molecule has 1 unspecified atom stereocenters. The summed E-state index contributed by atoms with van der Waals surface area (Å²) in [7, 11) is -1.96. The van der Waals surface area contributed by atoms with E-state index in [0.29, 0.717) is 28.6 Å². The molecule has 0 saturated carbocycles. The van der Waals surface area contributed by atoms with E-state index < -0.39 is 19.7 Å². The van der Waals surface area contributed by atoms with Crippen molar-refractivity contribution in [2.24, 2.45) is 0 Å². The van der Waals surface area contributed by atoms with Gasteiger partial charge in [0.1, 0.15) is 0 Å². The molecule has 0 fully saturated rings. The highest BCUT2D eigenvalue weighted by molar-refractivity contribution is 6.74. The van der Waals surface area contributed by atoms with Gasteiger partial charge in [0.2, 0.25) is 0 Å². The van der Waals surface area contributed by atoms with Crippen LogP contribution < -0.4 is 0 Å². The Labute approximate surface area is 167 Å². The number of rotatable bonds is 8. The normalized spacial score (nSPS) is 14.5. The molecule has 7 heteroatoms. The molecule has 0 amide bonds. The standard InChI is InChI=1S/C19H27Cl2NO3Si/c1-18(2,3)26(4,5)25-11-10-19(13-22,9-8-17(23)24)14-6-7-15(20)16(21)12-14/h6-7,12H,8-11H2,1-5H3,(H,23,24). The fraction of sp³-hybridized carbons (Fsp3) is 0.579. The third-order valence-electron chi connectivity index (χ3n) is 5.25. The molecule has 4 nitrogen and oxygen atoms in total. The fourth-order valence-corrected chi connectivity index (χ4v) is 3.74. The smallest absolute Gasteiger partial charge is 0.303 e. The number of nitriles is 1. The maximum atomic E-state index is 11.1. The molecule has 0 aliphatic carbocycles. The summed E-state index contributed by atoms with van der Waals surface area (Å²) in [5, 5.41) is 19.8. The molecule has 1 N–H and O–H groups in total. The molecule has 1 aromatic rings. The summed E-state index contributed by atoms with van der Waals surface area (Å²) in [5.41, 5.74) is -0.302. The van der Waals surface area contributed by atoms with Crippen LogP contribution in [0.25, 0.3) is 0 Å². The number of carboxylic acids is 1. The summed E-state index contributed by atoms with van der Waals surface area (Å²) in [6.45, 7) is 11.2. The number of carbonyl (C=O) groups is 1. The Kier molecular flexibility index (Phi) is 7.73. The number of carboxylic acid groups (broad SMARTS) is 1. The Morgan fingerprint density at radius 3 is 2.31 bits per heavy atom. The topological polar surface area (TPSA) is 70.3 Å². The van der Waals surface area contributed by atoms with E-state index in [0.717, 1.165) is 0 Å². The molecule has 0 heterocycles. The zero-order chi connectivity index (χ0) is 20.2. The van der Waals surface area contributed by atoms with Crippen LogP contribution in [-0.4, -0.2) is 26.0 Å². The highest BCUT2D eigenvalue weighted by Crippen LogP contribution is 2.39. The summed E-state index contributed by atoms with van der Waals surface area (Å²) in [6.07, 6.45) is 0.493. The highest BCUT2D eigenvalue weighted by atomic mass is 35.5. The largest absolute Gasteiger partial charge is 0.481 e. The van der Waals surface area contributed by atoms with Crippen molar-refractivity contribution in [3.05, 3.63) is 33.8 Å². The van der Waals surface area contributed by atoms with Crippen molar-refractivity contribution in [1.29, 1.82) is 5.26 Å². The second-order valence-corrected chi connectivity index (χ2v) is 13.7. The second kappa shape index (κ2) is 8.75. The average molecular weight is 416 g/mol. The predicted octanol–water partition coefficient (Wildman–Crippen LogP) is 6.03. The minimum Gasteiger partial charge on any atom is -0.481 e. The van der Waals surface area contributed by atoms with Gasteiger partial charge < -0.3 is 9.53 Å². The van der Waals surface area contributed by atoms with Gasteiger partial charge in [-0.1, -0.05) is 50.0 Å². The Bertz CT molecular complexity index is 695. The number of halogens is 2. The lowest BCUT2D eigenvalue weighted by Crippen LogP contribution is -2.42. The molecule has 0 aliphatic rings. The van der Waals surface area contributed by atoms with E-state index in [9.17, 15) is 10.1 Å². The Hall–Kier alpha value is -1.06. The maximum Gasteiger partial charge on any atom is 0.303 e. The predicted molar refractivity (Wildman–Crippen MR) is 108 cm³/mol. The second-order valence-electron chi connectivity index (χ2n) is 8.08. The van der Waals surface area contributed by atoms with Crippen LogP contribution in [0.1, 0.15) is 45.6 Å². The summed E-state index contributed by atoms with van der Waals surface area (Å²) < 4.78 is 6.21. The molecule has 0 bridgehead atoms. The van der Waals surface area contributed by atoms with Gasteiger partial charge >= 0.3 is 5.97 Å². The number of aliphatic carboxylic acids is 1. The van der Waals surface area contributed by atoms with Gasteiger partial charge in [-0.15, -0.1) is 0 Å². The Balaban J connectivity index is 3.10. The van der Waals surface area contributed by atoms with Crippen LogP contribution in [0.4, 0.5) is 0 Å². The van der Waals surface area contributed by atoms with E-state index in [4.69, 9.17) is 32.7 Å². The van der Waals surface area contributed by atoms with E-state index in [1.165, 1.54) is 0 Å². The number of benzene rings is 1. The lowest BCUT2D eigenvalue weighted by Gasteiger charge is -2.37. The van der Waals surface area contributed by atoms with E-state index in [2.05, 4.69) is 39.9 Å². The van der Waals surface area contributed by atoms with E-state index in [1.807, 2.05) is 0 Å². The van der Waals surface area contributed by atoms with Gasteiger partial charge in [-0.25, -0.2) is 0 Å². The third kappa shape index (κ3) is 5.72. The number of hydrogen-bond donors (Lipinski definition) is 1. The first-order chi connectivity index (χ1) is 11.8. The molecular formula is C19H27Cl2NO3Si. The number of nitrogens with zero attached hydrogens (tertiary/aromatic N) is 1. The van der Waals surface area contributed by atoms with Crippen LogP contribution in [0.5, 0.6) is 0 Å². The first kappa shape index (κ1) is 23.0. The number of hydrogen-bond acceptors (Lipinski definition) is 3. The van der Waals surface area contributed by atoms with Gasteiger partial charge in [-0.2, -0.15) is 5.26 Å². The van der Waals surface area contributed by atoms with E-state index in [1.54, 1.807) is 18.2 Å². The van der Waals surface area contributed by atoms with Crippen molar-refractivity contribution in [3.8, 4) is 6.07 Å². The van der Waals surface area contributed by atoms with Gasteiger partial charge in [0.05, 0.1) is 21.5 Å². The van der Waals surface area contributed by atoms with Gasteiger partial charge in [0.25, 0.3) is 0 Å². The van der Waals surface area contributed by atoms with Gasteiger partial charge in [-0.3, -0.25) is 4.79 Å². The molecule has 0 spiro atoms. The van der Waals surface area contributed by atoms with Crippen molar-refractivity contribution < 1.29 is 14.3 Å². The minimum atomic E-state index is -1.96. The van der Waals surface area contributed by atoms with Crippen LogP contribution in [0.3, 0.4) is 0 Å². The summed E-state index contributed by atoms with van der Waals surface area (Å²) in [5.74, 6) is -0.935. The maximum absolute atomic E-state index is 11.1. The van der Waals surface area contributed by atoms with E-state index in [-0.39, 0.29) is 17.9 Å². The molecule has 0 radical (unpaired) electrons. The lowest BCUT2D eigenvalue weighted by molar-refractivity contribution is -0.137. The monoisotopic (exact) mass is 415 g/mol. The van der Waals surface area contributed by atoms with Gasteiger partial charge in [-0.05, 0) is 48.7 Å². The zero-order valence-electron chi connectivity index (χ0n) is 16.0. The molecule has 1 rings (SSSR count). The summed E-state index contributed by atoms with van der Waals surface area (Å²) >= 11 is 12.1. The van der Waals surface area contributed by atoms with Gasteiger partial charge in [0, 0.05) is 13.0 Å². The van der Waals surface area contributed by atoms with Crippen molar-refractivity contribution in [2.45, 2.75) is 63.6 Å². The molecular weight excluding hydrogens is 389 g/mol. The highest BCUT2D eigenvalue weighted by Gasteiger charge is 2.39. The third-order valence-corrected chi connectivity index (χ3v) is 10.5. The molecule has 1 aromatic carbocycles. The van der Waals surface area contributed by atoms with Crippen molar-refractivity contribution in [2.75, 3.05) is 6.61 Å². The molecule has 0 aliphatic heterocycles. The van der Waals surface area contributed by atoms with Crippen LogP contribution in [0, 0.1) is 11.3 Å². The first-order valence-electron chi connectivity index (χ1n) is 8.57. The van der Waals surface area contributed by atoms with Crippen LogP contribution >= 0.6 is 23.2 Å². The molecule has 26 heavy (non-hydrogen) atoms. The van der Waals surface area contributed by atoms with Crippen molar-refractivity contribution in [3.63, 3.8) is 0 Å². The molecule has 1 atom stereocenters. The van der Waals surface area contributed by atoms with Crippen LogP contribution in [0.2, 0.25) is 28.2 Å².